The summed E-state index contributed by atoms with van der Waals surface area (Å²) in [6, 6.07) is 9.88. The van der Waals surface area contributed by atoms with Gasteiger partial charge in [-0.3, -0.25) is 14.5 Å². The molecule has 144 valence electrons. The molecular formula is C21H27N3O2S. The normalized spacial score (nSPS) is 15.0. The quantitative estimate of drug-likeness (QED) is 0.859. The minimum atomic E-state index is -0.0000182. The Labute approximate surface area is 165 Å². The summed E-state index contributed by atoms with van der Waals surface area (Å²) in [5.74, 6) is 0.109. The Balaban J connectivity index is 1.51. The molecule has 2 aromatic rings. The van der Waals surface area contributed by atoms with E-state index >= 15 is 0 Å². The van der Waals surface area contributed by atoms with Gasteiger partial charge in [0, 0.05) is 41.6 Å². The molecule has 2 amide bonds. The summed E-state index contributed by atoms with van der Waals surface area (Å²) in [6.07, 6.45) is 0.888. The van der Waals surface area contributed by atoms with Crippen LogP contribution in [0.2, 0.25) is 0 Å². The zero-order valence-electron chi connectivity index (χ0n) is 16.2. The number of hydrogen-bond donors (Lipinski definition) is 1. The van der Waals surface area contributed by atoms with E-state index in [1.165, 1.54) is 4.88 Å². The SMILES string of the molecule is CCc1ccccc1NC(=O)CN1CCN(C(=O)c2cc(C)sc2C)CC1. The number of piperazine rings is 1. The number of carbonyl (C=O) groups excluding carboxylic acids is 2. The van der Waals surface area contributed by atoms with Crippen molar-refractivity contribution in [3.8, 4) is 0 Å². The Bertz CT molecular complexity index is 823. The van der Waals surface area contributed by atoms with Gasteiger partial charge in [0.05, 0.1) is 12.1 Å². The van der Waals surface area contributed by atoms with E-state index in [2.05, 4.69) is 17.1 Å². The third-order valence-corrected chi connectivity index (χ3v) is 5.94. The van der Waals surface area contributed by atoms with E-state index in [0.29, 0.717) is 19.6 Å². The molecule has 3 rings (SSSR count). The van der Waals surface area contributed by atoms with Crippen LogP contribution in [0.5, 0.6) is 0 Å². The molecule has 0 spiro atoms. The van der Waals surface area contributed by atoms with Crippen molar-refractivity contribution in [2.24, 2.45) is 0 Å². The minimum absolute atomic E-state index is 0.0000182. The highest BCUT2D eigenvalue weighted by Crippen LogP contribution is 2.22. The number of nitrogens with one attached hydrogen (secondary N) is 1. The van der Waals surface area contributed by atoms with Gasteiger partial charge in [-0.2, -0.15) is 0 Å². The van der Waals surface area contributed by atoms with Gasteiger partial charge in [0.15, 0.2) is 0 Å². The third kappa shape index (κ3) is 4.76. The number of nitrogens with zero attached hydrogens (tertiary/aromatic N) is 2. The molecule has 5 nitrogen and oxygen atoms in total. The molecule has 1 N–H and O–H groups in total. The molecule has 1 fully saturated rings. The summed E-state index contributed by atoms with van der Waals surface area (Å²) in [7, 11) is 0. The third-order valence-electron chi connectivity index (χ3n) is 4.97. The molecule has 1 aliphatic heterocycles. The first-order valence-corrected chi connectivity index (χ1v) is 10.3. The first kappa shape index (κ1) is 19.6. The highest BCUT2D eigenvalue weighted by molar-refractivity contribution is 7.12. The van der Waals surface area contributed by atoms with Crippen LogP contribution in [0.25, 0.3) is 0 Å². The number of rotatable bonds is 5. The standard InChI is InChI=1S/C21H27N3O2S/c1-4-17-7-5-6-8-19(17)22-20(25)14-23-9-11-24(12-10-23)21(26)18-13-15(2)27-16(18)3/h5-8,13H,4,9-12,14H2,1-3H3,(H,22,25). The van der Waals surface area contributed by atoms with E-state index in [0.717, 1.165) is 41.2 Å². The highest BCUT2D eigenvalue weighted by Gasteiger charge is 2.25. The number of carbonyl (C=O) groups is 2. The summed E-state index contributed by atoms with van der Waals surface area (Å²) < 4.78 is 0. The van der Waals surface area contributed by atoms with E-state index < -0.39 is 0 Å². The molecule has 0 atom stereocenters. The van der Waals surface area contributed by atoms with Crippen LogP contribution >= 0.6 is 11.3 Å². The maximum absolute atomic E-state index is 12.7. The van der Waals surface area contributed by atoms with Crippen LogP contribution in [0.4, 0.5) is 5.69 Å². The second-order valence-electron chi connectivity index (χ2n) is 6.95. The number of thiophene rings is 1. The Morgan fingerprint density at radius 3 is 2.44 bits per heavy atom. The van der Waals surface area contributed by atoms with Gasteiger partial charge >= 0.3 is 0 Å². The maximum Gasteiger partial charge on any atom is 0.255 e. The summed E-state index contributed by atoms with van der Waals surface area (Å²) >= 11 is 1.66. The average molecular weight is 386 g/mol. The van der Waals surface area contributed by atoms with E-state index in [1.807, 2.05) is 49.1 Å². The fraction of sp³-hybridized carbons (Fsp3) is 0.429. The lowest BCUT2D eigenvalue weighted by Gasteiger charge is -2.34. The predicted molar refractivity (Wildman–Crippen MR) is 111 cm³/mol. The van der Waals surface area contributed by atoms with Crippen molar-refractivity contribution in [3.05, 3.63) is 51.2 Å². The van der Waals surface area contributed by atoms with Crippen molar-refractivity contribution in [2.75, 3.05) is 38.0 Å². The predicted octanol–water partition coefficient (Wildman–Crippen LogP) is 3.32. The van der Waals surface area contributed by atoms with E-state index in [9.17, 15) is 9.59 Å². The van der Waals surface area contributed by atoms with Gasteiger partial charge in [-0.1, -0.05) is 25.1 Å². The Hall–Kier alpha value is -2.18. The topological polar surface area (TPSA) is 52.7 Å². The highest BCUT2D eigenvalue weighted by atomic mass is 32.1. The molecule has 0 radical (unpaired) electrons. The average Bonchev–Trinajstić information content (AvgIpc) is 3.00. The Kier molecular flexibility index (Phi) is 6.29. The second kappa shape index (κ2) is 8.67. The lowest BCUT2D eigenvalue weighted by atomic mass is 10.1. The molecule has 0 unspecified atom stereocenters. The number of hydrogen-bond acceptors (Lipinski definition) is 4. The van der Waals surface area contributed by atoms with E-state index in [1.54, 1.807) is 11.3 Å². The van der Waals surface area contributed by atoms with Crippen LogP contribution in [0.15, 0.2) is 30.3 Å². The lowest BCUT2D eigenvalue weighted by Crippen LogP contribution is -2.50. The van der Waals surface area contributed by atoms with Crippen molar-refractivity contribution in [3.63, 3.8) is 0 Å². The van der Waals surface area contributed by atoms with Gasteiger partial charge in [-0.25, -0.2) is 0 Å². The van der Waals surface area contributed by atoms with Crippen LogP contribution in [-0.4, -0.2) is 54.3 Å². The fourth-order valence-electron chi connectivity index (χ4n) is 3.47. The van der Waals surface area contributed by atoms with Crippen LogP contribution in [0.1, 0.15) is 32.6 Å². The van der Waals surface area contributed by atoms with Crippen molar-refractivity contribution in [1.29, 1.82) is 0 Å². The molecule has 2 heterocycles. The summed E-state index contributed by atoms with van der Waals surface area (Å²) in [5, 5.41) is 3.02. The van der Waals surface area contributed by atoms with Crippen molar-refractivity contribution in [2.45, 2.75) is 27.2 Å². The van der Waals surface area contributed by atoms with Gasteiger partial charge in [-0.15, -0.1) is 11.3 Å². The minimum Gasteiger partial charge on any atom is -0.336 e. The number of anilines is 1. The summed E-state index contributed by atoms with van der Waals surface area (Å²) in [6.45, 7) is 9.22. The van der Waals surface area contributed by atoms with Crippen LogP contribution in [0, 0.1) is 13.8 Å². The van der Waals surface area contributed by atoms with Gasteiger partial charge in [-0.05, 0) is 38.0 Å². The molecule has 0 aliphatic carbocycles. The maximum atomic E-state index is 12.7. The zero-order chi connectivity index (χ0) is 19.4. The van der Waals surface area contributed by atoms with Crippen molar-refractivity contribution < 1.29 is 9.59 Å². The number of amides is 2. The van der Waals surface area contributed by atoms with E-state index in [4.69, 9.17) is 0 Å². The zero-order valence-corrected chi connectivity index (χ0v) is 17.1. The monoisotopic (exact) mass is 385 g/mol. The molecule has 1 aliphatic rings. The van der Waals surface area contributed by atoms with Crippen LogP contribution in [-0.2, 0) is 11.2 Å². The number of benzene rings is 1. The van der Waals surface area contributed by atoms with Gasteiger partial charge in [0.25, 0.3) is 5.91 Å². The number of para-hydroxylation sites is 1. The fourth-order valence-corrected chi connectivity index (χ4v) is 4.38. The molecule has 0 saturated carbocycles. The lowest BCUT2D eigenvalue weighted by molar-refractivity contribution is -0.117. The molecule has 27 heavy (non-hydrogen) atoms. The molecular weight excluding hydrogens is 358 g/mol. The largest absolute Gasteiger partial charge is 0.336 e. The summed E-state index contributed by atoms with van der Waals surface area (Å²) in [5.41, 5.74) is 2.85. The summed E-state index contributed by atoms with van der Waals surface area (Å²) in [4.78, 5) is 31.4. The molecule has 0 bridgehead atoms. The van der Waals surface area contributed by atoms with Crippen LogP contribution < -0.4 is 5.32 Å². The second-order valence-corrected chi connectivity index (χ2v) is 8.41. The first-order valence-electron chi connectivity index (χ1n) is 9.44. The van der Waals surface area contributed by atoms with Crippen LogP contribution in [0.3, 0.4) is 0 Å². The number of aryl methyl sites for hydroxylation is 3. The van der Waals surface area contributed by atoms with Crippen molar-refractivity contribution >= 4 is 28.8 Å². The first-order chi connectivity index (χ1) is 13.0. The van der Waals surface area contributed by atoms with Gasteiger partial charge in [0.2, 0.25) is 5.91 Å². The van der Waals surface area contributed by atoms with Gasteiger partial charge in [0.1, 0.15) is 0 Å². The Morgan fingerprint density at radius 1 is 1.11 bits per heavy atom. The molecule has 1 aromatic heterocycles. The van der Waals surface area contributed by atoms with Crippen molar-refractivity contribution in [1.82, 2.24) is 9.80 Å². The van der Waals surface area contributed by atoms with E-state index in [-0.39, 0.29) is 11.8 Å². The van der Waals surface area contributed by atoms with Gasteiger partial charge < -0.3 is 10.2 Å². The Morgan fingerprint density at radius 2 is 1.81 bits per heavy atom. The molecule has 1 saturated heterocycles. The molecule has 6 heteroatoms. The molecule has 1 aromatic carbocycles. The smallest absolute Gasteiger partial charge is 0.255 e.